The minimum absolute atomic E-state index is 0.0783. The molecule has 5 heteroatoms. The zero-order chi connectivity index (χ0) is 12.7. The van der Waals surface area contributed by atoms with Crippen molar-refractivity contribution < 1.29 is 19.7 Å². The van der Waals surface area contributed by atoms with Gasteiger partial charge in [-0.1, -0.05) is 0 Å². The van der Waals surface area contributed by atoms with E-state index in [0.29, 0.717) is 25.1 Å². The van der Waals surface area contributed by atoms with Gasteiger partial charge in [-0.25, -0.2) is 0 Å². The van der Waals surface area contributed by atoms with Crippen molar-refractivity contribution in [1.82, 2.24) is 5.32 Å². The summed E-state index contributed by atoms with van der Waals surface area (Å²) in [6.07, 6.45) is 1.34. The molecule has 0 fully saturated rings. The van der Waals surface area contributed by atoms with Crippen molar-refractivity contribution in [3.8, 4) is 11.5 Å². The van der Waals surface area contributed by atoms with Crippen molar-refractivity contribution in [2.75, 3.05) is 20.3 Å². The number of nitrogens with one attached hydrogen (secondary N) is 1. The van der Waals surface area contributed by atoms with Crippen LogP contribution in [-0.4, -0.2) is 36.4 Å². The van der Waals surface area contributed by atoms with Gasteiger partial charge in [0, 0.05) is 13.2 Å². The first-order chi connectivity index (χ1) is 8.19. The standard InChI is InChI=1S/C12H17NO4/c1-17-9-4-5-11(15)10(8-9)12(16)13-6-2-3-7-14/h4-5,8,14-15H,2-3,6-7H2,1H3,(H,13,16). The number of phenolic OH excluding ortho intramolecular Hbond substituents is 1. The molecule has 0 aliphatic heterocycles. The highest BCUT2D eigenvalue weighted by Gasteiger charge is 2.11. The molecule has 0 aliphatic rings. The lowest BCUT2D eigenvalue weighted by Gasteiger charge is -2.08. The third kappa shape index (κ3) is 3.96. The number of phenols is 1. The Balaban J connectivity index is 2.61. The Bertz CT molecular complexity index is 379. The van der Waals surface area contributed by atoms with Gasteiger partial charge in [0.05, 0.1) is 12.7 Å². The van der Waals surface area contributed by atoms with Crippen LogP contribution in [0.25, 0.3) is 0 Å². The molecule has 1 aromatic carbocycles. The number of carbonyl (C=O) groups is 1. The number of benzene rings is 1. The summed E-state index contributed by atoms with van der Waals surface area (Å²) in [6.45, 7) is 0.580. The summed E-state index contributed by atoms with van der Waals surface area (Å²) in [4.78, 5) is 11.7. The fraction of sp³-hybridized carbons (Fsp3) is 0.417. The van der Waals surface area contributed by atoms with Crippen LogP contribution in [0.15, 0.2) is 18.2 Å². The van der Waals surface area contributed by atoms with Gasteiger partial charge in [0.2, 0.25) is 0 Å². The number of aromatic hydroxyl groups is 1. The molecule has 5 nitrogen and oxygen atoms in total. The van der Waals surface area contributed by atoms with Gasteiger partial charge in [-0.15, -0.1) is 0 Å². The highest BCUT2D eigenvalue weighted by Crippen LogP contribution is 2.22. The van der Waals surface area contributed by atoms with Crippen molar-refractivity contribution in [1.29, 1.82) is 0 Å². The number of hydrogen-bond donors (Lipinski definition) is 3. The first-order valence-corrected chi connectivity index (χ1v) is 5.45. The molecule has 0 spiro atoms. The molecular weight excluding hydrogens is 222 g/mol. The molecular formula is C12H17NO4. The Kier molecular flexibility index (Phi) is 5.29. The number of amides is 1. The Morgan fingerprint density at radius 3 is 2.82 bits per heavy atom. The molecule has 0 saturated carbocycles. The number of unbranched alkanes of at least 4 members (excludes halogenated alkanes) is 1. The molecule has 0 bridgehead atoms. The van der Waals surface area contributed by atoms with Gasteiger partial charge in [-0.2, -0.15) is 0 Å². The summed E-state index contributed by atoms with van der Waals surface area (Å²) in [7, 11) is 1.50. The fourth-order valence-corrected chi connectivity index (χ4v) is 1.36. The Morgan fingerprint density at radius 1 is 1.41 bits per heavy atom. The molecule has 3 N–H and O–H groups in total. The maximum atomic E-state index is 11.7. The van der Waals surface area contributed by atoms with Crippen LogP contribution < -0.4 is 10.1 Å². The lowest BCUT2D eigenvalue weighted by Crippen LogP contribution is -2.24. The molecule has 1 amide bonds. The molecule has 0 radical (unpaired) electrons. The van der Waals surface area contributed by atoms with Gasteiger partial charge in [0.1, 0.15) is 11.5 Å². The molecule has 94 valence electrons. The number of aliphatic hydroxyl groups is 1. The largest absolute Gasteiger partial charge is 0.507 e. The van der Waals surface area contributed by atoms with E-state index >= 15 is 0 Å². The molecule has 17 heavy (non-hydrogen) atoms. The lowest BCUT2D eigenvalue weighted by atomic mass is 10.1. The van der Waals surface area contributed by atoms with Gasteiger partial charge >= 0.3 is 0 Å². The topological polar surface area (TPSA) is 78.8 Å². The van der Waals surface area contributed by atoms with Crippen molar-refractivity contribution in [2.24, 2.45) is 0 Å². The molecule has 1 aromatic rings. The van der Waals surface area contributed by atoms with Crippen molar-refractivity contribution >= 4 is 5.91 Å². The van der Waals surface area contributed by atoms with E-state index in [-0.39, 0.29) is 23.8 Å². The normalized spacial score (nSPS) is 10.0. The number of methoxy groups -OCH3 is 1. The number of hydrogen-bond acceptors (Lipinski definition) is 4. The van der Waals surface area contributed by atoms with Gasteiger partial charge in [0.15, 0.2) is 0 Å². The van der Waals surface area contributed by atoms with Crippen LogP contribution in [0.1, 0.15) is 23.2 Å². The molecule has 1 rings (SSSR count). The van der Waals surface area contributed by atoms with E-state index in [1.54, 1.807) is 6.07 Å². The van der Waals surface area contributed by atoms with Gasteiger partial charge in [-0.05, 0) is 31.0 Å². The molecule has 0 heterocycles. The van der Waals surface area contributed by atoms with Crippen molar-refractivity contribution in [2.45, 2.75) is 12.8 Å². The van der Waals surface area contributed by atoms with Crippen molar-refractivity contribution in [3.05, 3.63) is 23.8 Å². The van der Waals surface area contributed by atoms with Crippen LogP contribution in [0, 0.1) is 0 Å². The summed E-state index contributed by atoms with van der Waals surface area (Å²) in [6, 6.07) is 4.48. The van der Waals surface area contributed by atoms with E-state index in [9.17, 15) is 9.90 Å². The predicted molar refractivity (Wildman–Crippen MR) is 63.3 cm³/mol. The Labute approximate surface area is 100 Å². The average molecular weight is 239 g/mol. The lowest BCUT2D eigenvalue weighted by molar-refractivity contribution is 0.0949. The second kappa shape index (κ2) is 6.75. The third-order valence-corrected chi connectivity index (χ3v) is 2.32. The van der Waals surface area contributed by atoms with Crippen LogP contribution in [-0.2, 0) is 0 Å². The quantitative estimate of drug-likeness (QED) is 0.644. The Hall–Kier alpha value is -1.75. The first-order valence-electron chi connectivity index (χ1n) is 5.45. The number of ether oxygens (including phenoxy) is 1. The molecule has 0 aliphatic carbocycles. The smallest absolute Gasteiger partial charge is 0.255 e. The maximum absolute atomic E-state index is 11.7. The highest BCUT2D eigenvalue weighted by atomic mass is 16.5. The molecule has 0 aromatic heterocycles. The SMILES string of the molecule is COc1ccc(O)c(C(=O)NCCCCO)c1. The summed E-state index contributed by atoms with van der Waals surface area (Å²) in [5.41, 5.74) is 0.188. The number of carbonyl (C=O) groups excluding carboxylic acids is 1. The van der Waals surface area contributed by atoms with Gasteiger partial charge in [0.25, 0.3) is 5.91 Å². The van der Waals surface area contributed by atoms with Gasteiger partial charge < -0.3 is 20.3 Å². The fourth-order valence-electron chi connectivity index (χ4n) is 1.36. The van der Waals surface area contributed by atoms with E-state index in [0.717, 1.165) is 0 Å². The van der Waals surface area contributed by atoms with E-state index in [1.165, 1.54) is 19.2 Å². The third-order valence-electron chi connectivity index (χ3n) is 2.32. The van der Waals surface area contributed by atoms with Crippen molar-refractivity contribution in [3.63, 3.8) is 0 Å². The van der Waals surface area contributed by atoms with Gasteiger partial charge in [-0.3, -0.25) is 4.79 Å². The number of rotatable bonds is 6. The zero-order valence-corrected chi connectivity index (χ0v) is 9.77. The van der Waals surface area contributed by atoms with Crippen LogP contribution >= 0.6 is 0 Å². The summed E-state index contributed by atoms with van der Waals surface area (Å²) >= 11 is 0. The summed E-state index contributed by atoms with van der Waals surface area (Å²) in [5, 5.41) is 20.8. The maximum Gasteiger partial charge on any atom is 0.255 e. The van der Waals surface area contributed by atoms with E-state index in [2.05, 4.69) is 5.32 Å². The molecule has 0 saturated heterocycles. The first kappa shape index (κ1) is 13.3. The predicted octanol–water partition coefficient (Wildman–Crippen LogP) is 0.903. The van der Waals surface area contributed by atoms with Crippen LogP contribution in [0.2, 0.25) is 0 Å². The second-order valence-corrected chi connectivity index (χ2v) is 3.57. The van der Waals surface area contributed by atoms with Crippen LogP contribution in [0.4, 0.5) is 0 Å². The second-order valence-electron chi connectivity index (χ2n) is 3.57. The van der Waals surface area contributed by atoms with Crippen LogP contribution in [0.3, 0.4) is 0 Å². The Morgan fingerprint density at radius 2 is 2.18 bits per heavy atom. The van der Waals surface area contributed by atoms with E-state index in [4.69, 9.17) is 9.84 Å². The monoisotopic (exact) mass is 239 g/mol. The summed E-state index contributed by atoms with van der Waals surface area (Å²) in [5.74, 6) is 0.0908. The minimum atomic E-state index is -0.348. The van der Waals surface area contributed by atoms with E-state index < -0.39 is 0 Å². The minimum Gasteiger partial charge on any atom is -0.507 e. The summed E-state index contributed by atoms with van der Waals surface area (Å²) < 4.78 is 4.98. The zero-order valence-electron chi connectivity index (χ0n) is 9.77. The van der Waals surface area contributed by atoms with E-state index in [1.807, 2.05) is 0 Å². The molecule has 0 atom stereocenters. The van der Waals surface area contributed by atoms with Crippen LogP contribution in [0.5, 0.6) is 11.5 Å². The average Bonchev–Trinajstić information content (AvgIpc) is 2.35. The number of aliphatic hydroxyl groups excluding tert-OH is 1. The highest BCUT2D eigenvalue weighted by molar-refractivity contribution is 5.97. The molecule has 0 unspecified atom stereocenters.